The summed E-state index contributed by atoms with van der Waals surface area (Å²) >= 11 is 6.12. The second kappa shape index (κ2) is 7.44. The molecule has 0 heterocycles. The van der Waals surface area contributed by atoms with Crippen LogP contribution in [-0.2, 0) is 13.0 Å². The van der Waals surface area contributed by atoms with E-state index >= 15 is 0 Å². The first-order valence-corrected chi connectivity index (χ1v) is 7.20. The van der Waals surface area contributed by atoms with Crippen LogP contribution in [0, 0.1) is 6.92 Å². The van der Waals surface area contributed by atoms with Gasteiger partial charge in [-0.15, -0.1) is 0 Å². The van der Waals surface area contributed by atoms with E-state index in [1.807, 2.05) is 37.3 Å². The van der Waals surface area contributed by atoms with Crippen LogP contribution in [0.5, 0.6) is 0 Å². The maximum absolute atomic E-state index is 9.48. The van der Waals surface area contributed by atoms with Crippen molar-refractivity contribution in [1.82, 2.24) is 5.32 Å². The van der Waals surface area contributed by atoms with Crippen LogP contribution in [0.1, 0.15) is 16.7 Å². The van der Waals surface area contributed by atoms with Crippen molar-refractivity contribution in [2.45, 2.75) is 25.9 Å². The molecule has 0 unspecified atom stereocenters. The zero-order valence-corrected chi connectivity index (χ0v) is 12.4. The Balaban J connectivity index is 1.92. The predicted octanol–water partition coefficient (Wildman–Crippen LogP) is 3.34. The number of nitrogens with one attached hydrogen (secondary N) is 1. The highest BCUT2D eigenvalue weighted by atomic mass is 35.5. The highest BCUT2D eigenvalue weighted by Crippen LogP contribution is 2.16. The van der Waals surface area contributed by atoms with Crippen LogP contribution in [0.3, 0.4) is 0 Å². The Bertz CT molecular complexity index is 542. The Labute approximate surface area is 125 Å². The summed E-state index contributed by atoms with van der Waals surface area (Å²) < 4.78 is 0. The SMILES string of the molecule is Cc1ccc(CN[C@H](CO)Cc2ccccc2)cc1Cl. The average Bonchev–Trinajstić information content (AvgIpc) is 2.48. The summed E-state index contributed by atoms with van der Waals surface area (Å²) in [6, 6.07) is 16.3. The number of halogens is 1. The van der Waals surface area contributed by atoms with E-state index in [0.717, 1.165) is 22.6 Å². The highest BCUT2D eigenvalue weighted by molar-refractivity contribution is 6.31. The van der Waals surface area contributed by atoms with Crippen LogP contribution in [0.4, 0.5) is 0 Å². The lowest BCUT2D eigenvalue weighted by atomic mass is 10.1. The molecule has 2 rings (SSSR count). The normalized spacial score (nSPS) is 12.3. The zero-order chi connectivity index (χ0) is 14.4. The zero-order valence-electron chi connectivity index (χ0n) is 11.6. The maximum Gasteiger partial charge on any atom is 0.0587 e. The Morgan fingerprint density at radius 2 is 1.85 bits per heavy atom. The first-order valence-electron chi connectivity index (χ1n) is 6.82. The van der Waals surface area contributed by atoms with E-state index in [1.165, 1.54) is 5.56 Å². The van der Waals surface area contributed by atoms with Gasteiger partial charge in [-0.05, 0) is 36.1 Å². The number of aliphatic hydroxyl groups is 1. The molecule has 0 aliphatic heterocycles. The van der Waals surface area contributed by atoms with Gasteiger partial charge in [-0.3, -0.25) is 0 Å². The van der Waals surface area contributed by atoms with Gasteiger partial charge in [0.05, 0.1) is 6.61 Å². The molecule has 0 saturated carbocycles. The van der Waals surface area contributed by atoms with Crippen molar-refractivity contribution >= 4 is 11.6 Å². The van der Waals surface area contributed by atoms with E-state index in [4.69, 9.17) is 11.6 Å². The molecule has 0 amide bonds. The summed E-state index contributed by atoms with van der Waals surface area (Å²) in [6.45, 7) is 2.82. The quantitative estimate of drug-likeness (QED) is 0.855. The first kappa shape index (κ1) is 15.0. The molecule has 1 atom stereocenters. The second-order valence-electron chi connectivity index (χ2n) is 5.03. The molecule has 0 aromatic heterocycles. The third kappa shape index (κ3) is 4.34. The lowest BCUT2D eigenvalue weighted by molar-refractivity contribution is 0.241. The van der Waals surface area contributed by atoms with Gasteiger partial charge in [0.1, 0.15) is 0 Å². The van der Waals surface area contributed by atoms with Crippen molar-refractivity contribution in [3.8, 4) is 0 Å². The number of hydrogen-bond acceptors (Lipinski definition) is 2. The van der Waals surface area contributed by atoms with Crippen molar-refractivity contribution in [2.24, 2.45) is 0 Å². The van der Waals surface area contributed by atoms with Gasteiger partial charge >= 0.3 is 0 Å². The molecule has 3 heteroatoms. The fraction of sp³-hybridized carbons (Fsp3) is 0.294. The lowest BCUT2D eigenvalue weighted by Gasteiger charge is -2.16. The molecule has 0 radical (unpaired) electrons. The van der Waals surface area contributed by atoms with Crippen molar-refractivity contribution in [3.05, 3.63) is 70.2 Å². The predicted molar refractivity (Wildman–Crippen MR) is 84.0 cm³/mol. The van der Waals surface area contributed by atoms with Gasteiger partial charge in [-0.25, -0.2) is 0 Å². The third-order valence-corrected chi connectivity index (χ3v) is 3.78. The lowest BCUT2D eigenvalue weighted by Crippen LogP contribution is -2.34. The standard InChI is InChI=1S/C17H20ClNO/c1-13-7-8-15(10-17(13)18)11-19-16(12-20)9-14-5-3-2-4-6-14/h2-8,10,16,19-20H,9,11-12H2,1H3/t16-/m0/s1. The van der Waals surface area contributed by atoms with Gasteiger partial charge in [0.25, 0.3) is 0 Å². The molecule has 0 spiro atoms. The summed E-state index contributed by atoms with van der Waals surface area (Å²) in [5.74, 6) is 0. The van der Waals surface area contributed by atoms with E-state index < -0.39 is 0 Å². The first-order chi connectivity index (χ1) is 9.69. The number of aryl methyl sites for hydroxylation is 1. The largest absolute Gasteiger partial charge is 0.395 e. The number of hydrogen-bond donors (Lipinski definition) is 2. The average molecular weight is 290 g/mol. The summed E-state index contributed by atoms with van der Waals surface area (Å²) in [6.07, 6.45) is 0.816. The highest BCUT2D eigenvalue weighted by Gasteiger charge is 2.08. The molecule has 20 heavy (non-hydrogen) atoms. The minimum Gasteiger partial charge on any atom is -0.395 e. The van der Waals surface area contributed by atoms with Crippen LogP contribution in [-0.4, -0.2) is 17.8 Å². The second-order valence-corrected chi connectivity index (χ2v) is 5.44. The van der Waals surface area contributed by atoms with E-state index in [1.54, 1.807) is 0 Å². The molecule has 0 aliphatic carbocycles. The van der Waals surface area contributed by atoms with Crippen molar-refractivity contribution < 1.29 is 5.11 Å². The van der Waals surface area contributed by atoms with Gasteiger partial charge in [0.15, 0.2) is 0 Å². The third-order valence-electron chi connectivity index (χ3n) is 3.38. The Kier molecular flexibility index (Phi) is 5.60. The minimum atomic E-state index is 0.0532. The maximum atomic E-state index is 9.48. The van der Waals surface area contributed by atoms with Crippen molar-refractivity contribution in [3.63, 3.8) is 0 Å². The molecular formula is C17H20ClNO. The smallest absolute Gasteiger partial charge is 0.0587 e. The van der Waals surface area contributed by atoms with Crippen LogP contribution in [0.15, 0.2) is 48.5 Å². The van der Waals surface area contributed by atoms with Gasteiger partial charge in [0.2, 0.25) is 0 Å². The van der Waals surface area contributed by atoms with Crippen LogP contribution in [0.2, 0.25) is 5.02 Å². The molecule has 0 saturated heterocycles. The van der Waals surface area contributed by atoms with Gasteiger partial charge in [-0.1, -0.05) is 54.1 Å². The molecular weight excluding hydrogens is 270 g/mol. The fourth-order valence-electron chi connectivity index (χ4n) is 2.11. The number of rotatable bonds is 6. The van der Waals surface area contributed by atoms with Crippen molar-refractivity contribution in [2.75, 3.05) is 6.61 Å². The summed E-state index contributed by atoms with van der Waals surface area (Å²) in [5, 5.41) is 13.6. The minimum absolute atomic E-state index is 0.0532. The molecule has 0 aliphatic rings. The van der Waals surface area contributed by atoms with Crippen LogP contribution < -0.4 is 5.32 Å². The molecule has 2 aromatic rings. The Hall–Kier alpha value is -1.35. The van der Waals surface area contributed by atoms with Crippen molar-refractivity contribution in [1.29, 1.82) is 0 Å². The number of benzene rings is 2. The van der Waals surface area contributed by atoms with E-state index in [-0.39, 0.29) is 12.6 Å². The Morgan fingerprint density at radius 3 is 2.50 bits per heavy atom. The summed E-state index contributed by atoms with van der Waals surface area (Å²) in [7, 11) is 0. The number of aliphatic hydroxyl groups excluding tert-OH is 1. The Morgan fingerprint density at radius 1 is 1.10 bits per heavy atom. The van der Waals surface area contributed by atoms with Crippen LogP contribution in [0.25, 0.3) is 0 Å². The molecule has 106 valence electrons. The topological polar surface area (TPSA) is 32.3 Å². The molecule has 2 nitrogen and oxygen atoms in total. The van der Waals surface area contributed by atoms with E-state index in [9.17, 15) is 5.11 Å². The summed E-state index contributed by atoms with van der Waals surface area (Å²) in [4.78, 5) is 0. The monoisotopic (exact) mass is 289 g/mol. The van der Waals surface area contributed by atoms with Gasteiger partial charge in [0, 0.05) is 17.6 Å². The molecule has 0 bridgehead atoms. The van der Waals surface area contributed by atoms with E-state index in [2.05, 4.69) is 23.5 Å². The molecule has 2 N–H and O–H groups in total. The van der Waals surface area contributed by atoms with Gasteiger partial charge in [-0.2, -0.15) is 0 Å². The molecule has 0 fully saturated rings. The molecule has 2 aromatic carbocycles. The summed E-state index contributed by atoms with van der Waals surface area (Å²) in [5.41, 5.74) is 3.44. The van der Waals surface area contributed by atoms with Crippen LogP contribution >= 0.6 is 11.6 Å². The van der Waals surface area contributed by atoms with E-state index in [0.29, 0.717) is 6.54 Å². The fourth-order valence-corrected chi connectivity index (χ4v) is 2.31. The van der Waals surface area contributed by atoms with Gasteiger partial charge < -0.3 is 10.4 Å².